The molecule has 1 atom stereocenters. The lowest BCUT2D eigenvalue weighted by atomic mass is 10.1. The number of hydrogen-bond donors (Lipinski definition) is 2. The van der Waals surface area contributed by atoms with E-state index in [1.54, 1.807) is 6.07 Å². The molecule has 1 fully saturated rings. The number of aromatic nitrogens is 1. The number of imide groups is 1. The molecule has 1 aromatic heterocycles. The van der Waals surface area contributed by atoms with E-state index in [2.05, 4.69) is 15.6 Å². The van der Waals surface area contributed by atoms with Gasteiger partial charge in [0.05, 0.1) is 17.3 Å². The minimum Gasteiger partial charge on any atom is -0.370 e. The standard InChI is InChI=1S/C11H11ClFN3O2/c12-5-6-1-2-7(10(13)14-6)15-8-3-4-9(17)16-11(8)18/h1-2,8,15H,3-5H2,(H,16,17,18). The first kappa shape index (κ1) is 12.8. The van der Waals surface area contributed by atoms with Crippen molar-refractivity contribution in [2.24, 2.45) is 0 Å². The van der Waals surface area contributed by atoms with Crippen molar-refractivity contribution < 1.29 is 14.0 Å². The smallest absolute Gasteiger partial charge is 0.249 e. The Kier molecular flexibility index (Phi) is 3.76. The third kappa shape index (κ3) is 2.76. The van der Waals surface area contributed by atoms with E-state index in [4.69, 9.17) is 11.6 Å². The fraction of sp³-hybridized carbons (Fsp3) is 0.364. The average Bonchev–Trinajstić information content (AvgIpc) is 2.34. The number of carbonyl (C=O) groups excluding carboxylic acids is 2. The molecular weight excluding hydrogens is 261 g/mol. The molecule has 1 aromatic rings. The maximum absolute atomic E-state index is 13.6. The first-order chi connectivity index (χ1) is 8.60. The molecule has 0 radical (unpaired) electrons. The molecule has 2 amide bonds. The van der Waals surface area contributed by atoms with E-state index in [1.165, 1.54) is 6.07 Å². The van der Waals surface area contributed by atoms with Crippen molar-refractivity contribution in [1.82, 2.24) is 10.3 Å². The van der Waals surface area contributed by atoms with Crippen LogP contribution in [0.1, 0.15) is 18.5 Å². The highest BCUT2D eigenvalue weighted by molar-refractivity contribution is 6.16. The largest absolute Gasteiger partial charge is 0.370 e. The predicted molar refractivity (Wildman–Crippen MR) is 63.5 cm³/mol. The lowest BCUT2D eigenvalue weighted by molar-refractivity contribution is -0.133. The van der Waals surface area contributed by atoms with Crippen LogP contribution in [0.2, 0.25) is 0 Å². The first-order valence-electron chi connectivity index (χ1n) is 5.42. The van der Waals surface area contributed by atoms with Crippen LogP contribution in [0.25, 0.3) is 0 Å². The summed E-state index contributed by atoms with van der Waals surface area (Å²) in [5, 5.41) is 4.91. The van der Waals surface area contributed by atoms with Crippen molar-refractivity contribution >= 4 is 29.1 Å². The summed E-state index contributed by atoms with van der Waals surface area (Å²) in [5.74, 6) is -1.35. The third-order valence-electron chi connectivity index (χ3n) is 2.61. The maximum Gasteiger partial charge on any atom is 0.249 e. The highest BCUT2D eigenvalue weighted by atomic mass is 35.5. The van der Waals surface area contributed by atoms with Gasteiger partial charge < -0.3 is 5.32 Å². The molecule has 0 bridgehead atoms. The number of nitrogens with one attached hydrogen (secondary N) is 2. The Bertz CT molecular complexity index is 495. The van der Waals surface area contributed by atoms with Crippen LogP contribution in [0.3, 0.4) is 0 Å². The van der Waals surface area contributed by atoms with Crippen LogP contribution >= 0.6 is 11.6 Å². The monoisotopic (exact) mass is 271 g/mol. The van der Waals surface area contributed by atoms with Gasteiger partial charge in [0.1, 0.15) is 6.04 Å². The molecule has 0 aromatic carbocycles. The molecule has 1 saturated heterocycles. The van der Waals surface area contributed by atoms with Gasteiger partial charge in [-0.2, -0.15) is 4.39 Å². The zero-order valence-electron chi connectivity index (χ0n) is 9.37. The second-order valence-electron chi connectivity index (χ2n) is 3.92. The molecule has 2 rings (SSSR count). The Morgan fingerprint density at radius 1 is 1.50 bits per heavy atom. The van der Waals surface area contributed by atoms with E-state index in [0.29, 0.717) is 12.1 Å². The van der Waals surface area contributed by atoms with E-state index in [-0.39, 0.29) is 23.9 Å². The second-order valence-corrected chi connectivity index (χ2v) is 4.19. The van der Waals surface area contributed by atoms with Crippen LogP contribution in [-0.2, 0) is 15.5 Å². The number of rotatable bonds is 3. The molecule has 5 nitrogen and oxygen atoms in total. The molecule has 7 heteroatoms. The topological polar surface area (TPSA) is 71.1 Å². The molecule has 0 saturated carbocycles. The number of anilines is 1. The van der Waals surface area contributed by atoms with Crippen LogP contribution in [0.5, 0.6) is 0 Å². The van der Waals surface area contributed by atoms with Gasteiger partial charge in [-0.3, -0.25) is 14.9 Å². The number of carbonyl (C=O) groups is 2. The Morgan fingerprint density at radius 2 is 2.28 bits per heavy atom. The number of alkyl halides is 1. The van der Waals surface area contributed by atoms with Gasteiger partial charge in [-0.05, 0) is 18.6 Å². The summed E-state index contributed by atoms with van der Waals surface area (Å²) in [6.07, 6.45) is 0.569. The Labute approximate surface area is 108 Å². The van der Waals surface area contributed by atoms with Crippen molar-refractivity contribution in [3.05, 3.63) is 23.8 Å². The van der Waals surface area contributed by atoms with Crippen LogP contribution in [0, 0.1) is 5.95 Å². The minimum atomic E-state index is -0.710. The van der Waals surface area contributed by atoms with E-state index >= 15 is 0 Å². The van der Waals surface area contributed by atoms with Gasteiger partial charge in [-0.15, -0.1) is 11.6 Å². The fourth-order valence-electron chi connectivity index (χ4n) is 1.67. The van der Waals surface area contributed by atoms with Crippen molar-refractivity contribution in [2.45, 2.75) is 24.8 Å². The summed E-state index contributed by atoms with van der Waals surface area (Å²) in [6, 6.07) is 2.43. The fourth-order valence-corrected chi connectivity index (χ4v) is 1.82. The number of hydrogen-bond acceptors (Lipinski definition) is 4. The van der Waals surface area contributed by atoms with Crippen molar-refractivity contribution in [3.8, 4) is 0 Å². The van der Waals surface area contributed by atoms with Gasteiger partial charge >= 0.3 is 0 Å². The molecule has 1 aliphatic heterocycles. The zero-order valence-corrected chi connectivity index (χ0v) is 10.1. The molecule has 1 aliphatic rings. The normalized spacial score (nSPS) is 19.6. The molecule has 0 spiro atoms. The highest BCUT2D eigenvalue weighted by Gasteiger charge is 2.27. The minimum absolute atomic E-state index is 0.121. The van der Waals surface area contributed by atoms with Gasteiger partial charge in [0, 0.05) is 6.42 Å². The van der Waals surface area contributed by atoms with Gasteiger partial charge in [0.15, 0.2) is 0 Å². The molecule has 96 valence electrons. The quantitative estimate of drug-likeness (QED) is 0.492. The van der Waals surface area contributed by atoms with Crippen LogP contribution in [0.15, 0.2) is 12.1 Å². The number of halogens is 2. The number of piperidine rings is 1. The Morgan fingerprint density at radius 3 is 2.89 bits per heavy atom. The second kappa shape index (κ2) is 5.30. The SMILES string of the molecule is O=C1CCC(Nc2ccc(CCl)nc2F)C(=O)N1. The van der Waals surface area contributed by atoms with Crippen molar-refractivity contribution in [1.29, 1.82) is 0 Å². The molecular formula is C11H11ClFN3O2. The lowest BCUT2D eigenvalue weighted by Gasteiger charge is -2.22. The predicted octanol–water partition coefficient (Wildman–Crippen LogP) is 1.18. The molecule has 2 heterocycles. The van der Waals surface area contributed by atoms with Gasteiger partial charge in [0.2, 0.25) is 17.8 Å². The number of nitrogens with zero attached hydrogens (tertiary/aromatic N) is 1. The van der Waals surface area contributed by atoms with E-state index < -0.39 is 17.9 Å². The summed E-state index contributed by atoms with van der Waals surface area (Å²) in [6.45, 7) is 0. The number of amides is 2. The average molecular weight is 272 g/mol. The van der Waals surface area contributed by atoms with Crippen LogP contribution < -0.4 is 10.6 Å². The number of pyridine rings is 1. The summed E-state index contributed by atoms with van der Waals surface area (Å²) in [4.78, 5) is 26.1. The maximum atomic E-state index is 13.6. The molecule has 0 aliphatic carbocycles. The summed E-state index contributed by atoms with van der Waals surface area (Å²) >= 11 is 5.53. The van der Waals surface area contributed by atoms with E-state index in [1.807, 2.05) is 0 Å². The summed E-state index contributed by atoms with van der Waals surface area (Å²) < 4.78 is 13.6. The molecule has 2 N–H and O–H groups in total. The van der Waals surface area contributed by atoms with Crippen LogP contribution in [0.4, 0.5) is 10.1 Å². The Balaban J connectivity index is 2.09. The first-order valence-corrected chi connectivity index (χ1v) is 5.95. The molecule has 18 heavy (non-hydrogen) atoms. The van der Waals surface area contributed by atoms with Gasteiger partial charge in [-0.25, -0.2) is 4.98 Å². The van der Waals surface area contributed by atoms with Crippen molar-refractivity contribution in [2.75, 3.05) is 5.32 Å². The van der Waals surface area contributed by atoms with E-state index in [9.17, 15) is 14.0 Å². The van der Waals surface area contributed by atoms with Gasteiger partial charge in [-0.1, -0.05) is 0 Å². The highest BCUT2D eigenvalue weighted by Crippen LogP contribution is 2.17. The third-order valence-corrected chi connectivity index (χ3v) is 2.89. The summed E-state index contributed by atoms with van der Waals surface area (Å²) in [5.41, 5.74) is 0.543. The van der Waals surface area contributed by atoms with Gasteiger partial charge in [0.25, 0.3) is 0 Å². The zero-order chi connectivity index (χ0) is 13.1. The lowest BCUT2D eigenvalue weighted by Crippen LogP contribution is -2.47. The van der Waals surface area contributed by atoms with E-state index in [0.717, 1.165) is 0 Å². The van der Waals surface area contributed by atoms with Crippen molar-refractivity contribution in [3.63, 3.8) is 0 Å². The summed E-state index contributed by atoms with van der Waals surface area (Å²) in [7, 11) is 0. The molecule has 1 unspecified atom stereocenters. The Hall–Kier alpha value is -1.69. The van der Waals surface area contributed by atoms with Crippen LogP contribution in [-0.4, -0.2) is 22.8 Å².